The summed E-state index contributed by atoms with van der Waals surface area (Å²) in [7, 11) is 0. The maximum Gasteiger partial charge on any atom is 0.319 e. The largest absolute Gasteiger partial charge is 0.399 e. The molecule has 0 atom stereocenters. The van der Waals surface area contributed by atoms with E-state index in [9.17, 15) is 9.59 Å². The van der Waals surface area contributed by atoms with Crippen LogP contribution in [0.15, 0.2) is 35.3 Å². The minimum Gasteiger partial charge on any atom is -0.399 e. The number of nitrogens with one attached hydrogen (secondary N) is 4. The Morgan fingerprint density at radius 1 is 1.35 bits per heavy atom. The molecule has 1 aromatic carbocycles. The fraction of sp³-hybridized carbons (Fsp3) is 0.231. The average Bonchev–Trinajstić information content (AvgIpc) is 2.80. The molecule has 2 amide bonds. The zero-order chi connectivity index (χ0) is 14.4. The van der Waals surface area contributed by atoms with Gasteiger partial charge in [-0.25, -0.2) is 4.79 Å². The van der Waals surface area contributed by atoms with Gasteiger partial charge in [0, 0.05) is 29.7 Å². The predicted octanol–water partition coefficient (Wildman–Crippen LogP) is 1.04. The van der Waals surface area contributed by atoms with Crippen molar-refractivity contribution < 1.29 is 4.79 Å². The molecule has 0 aliphatic rings. The normalized spacial score (nSPS) is 10.2. The Balaban J connectivity index is 1.70. The summed E-state index contributed by atoms with van der Waals surface area (Å²) in [6.07, 6.45) is 2.93. The smallest absolute Gasteiger partial charge is 0.319 e. The summed E-state index contributed by atoms with van der Waals surface area (Å²) in [6.45, 7) is 0.485. The number of rotatable bonds is 5. The van der Waals surface area contributed by atoms with Gasteiger partial charge >= 0.3 is 6.03 Å². The van der Waals surface area contributed by atoms with Gasteiger partial charge in [-0.2, -0.15) is 0 Å². The van der Waals surface area contributed by atoms with Crippen molar-refractivity contribution in [3.05, 3.63) is 46.4 Å². The lowest BCUT2D eigenvalue weighted by Gasteiger charge is -2.07. The molecule has 1 heterocycles. The quantitative estimate of drug-likeness (QED) is 0.414. The number of nitrogen functional groups attached to an aromatic ring is 1. The van der Waals surface area contributed by atoms with Gasteiger partial charge in [0.1, 0.15) is 0 Å². The molecule has 7 heteroatoms. The molecule has 2 rings (SSSR count). The molecule has 0 saturated heterocycles. The van der Waals surface area contributed by atoms with E-state index < -0.39 is 0 Å². The van der Waals surface area contributed by atoms with Gasteiger partial charge in [0.2, 0.25) is 0 Å². The molecule has 1 aromatic heterocycles. The van der Waals surface area contributed by atoms with Gasteiger partial charge in [0.05, 0.1) is 0 Å². The zero-order valence-electron chi connectivity index (χ0n) is 10.9. The number of aromatic amines is 2. The molecule has 0 saturated carbocycles. The Morgan fingerprint density at radius 2 is 2.20 bits per heavy atom. The van der Waals surface area contributed by atoms with Crippen molar-refractivity contribution in [2.75, 3.05) is 17.6 Å². The van der Waals surface area contributed by atoms with Crippen LogP contribution in [0.2, 0.25) is 0 Å². The summed E-state index contributed by atoms with van der Waals surface area (Å²) in [6, 6.07) is 6.66. The van der Waals surface area contributed by atoms with Crippen molar-refractivity contribution in [1.29, 1.82) is 0 Å². The number of aromatic nitrogens is 2. The number of urea groups is 1. The Hall–Kier alpha value is -2.70. The number of hydrogen-bond acceptors (Lipinski definition) is 3. The van der Waals surface area contributed by atoms with Crippen molar-refractivity contribution in [2.24, 2.45) is 0 Å². The maximum absolute atomic E-state index is 11.6. The highest BCUT2D eigenvalue weighted by molar-refractivity contribution is 5.89. The molecule has 0 aliphatic carbocycles. The summed E-state index contributed by atoms with van der Waals surface area (Å²) >= 11 is 0. The molecule has 0 fully saturated rings. The van der Waals surface area contributed by atoms with Crippen molar-refractivity contribution in [3.8, 4) is 0 Å². The number of anilines is 2. The van der Waals surface area contributed by atoms with E-state index in [0.29, 0.717) is 36.3 Å². The first-order chi connectivity index (χ1) is 9.65. The highest BCUT2D eigenvalue weighted by Crippen LogP contribution is 2.11. The van der Waals surface area contributed by atoms with Crippen molar-refractivity contribution >= 4 is 17.4 Å². The van der Waals surface area contributed by atoms with E-state index in [1.54, 1.807) is 30.5 Å². The van der Waals surface area contributed by atoms with Crippen LogP contribution in [-0.4, -0.2) is 22.8 Å². The van der Waals surface area contributed by atoms with E-state index in [1.165, 1.54) is 0 Å². The molecular weight excluding hydrogens is 258 g/mol. The maximum atomic E-state index is 11.6. The van der Waals surface area contributed by atoms with Gasteiger partial charge in [-0.15, -0.1) is 0 Å². The number of nitrogens with two attached hydrogens (primary N) is 1. The highest BCUT2D eigenvalue weighted by atomic mass is 16.2. The first kappa shape index (κ1) is 13.7. The van der Waals surface area contributed by atoms with Crippen LogP contribution >= 0.6 is 0 Å². The number of carbonyl (C=O) groups is 1. The molecule has 6 N–H and O–H groups in total. The average molecular weight is 275 g/mol. The lowest BCUT2D eigenvalue weighted by Crippen LogP contribution is -2.29. The number of H-pyrrole nitrogens is 2. The minimum absolute atomic E-state index is 0.116. The SMILES string of the molecule is Nc1cccc(NC(=O)NCCCc2c[nH][nH]c2=O)c1. The van der Waals surface area contributed by atoms with Crippen LogP contribution in [0.4, 0.5) is 16.2 Å². The summed E-state index contributed by atoms with van der Waals surface area (Å²) in [5.74, 6) is 0. The van der Waals surface area contributed by atoms with Crippen LogP contribution in [0.3, 0.4) is 0 Å². The van der Waals surface area contributed by atoms with E-state index in [0.717, 1.165) is 0 Å². The van der Waals surface area contributed by atoms with E-state index >= 15 is 0 Å². The molecule has 20 heavy (non-hydrogen) atoms. The molecule has 0 aliphatic heterocycles. The Morgan fingerprint density at radius 3 is 2.90 bits per heavy atom. The fourth-order valence-corrected chi connectivity index (χ4v) is 1.79. The fourth-order valence-electron chi connectivity index (χ4n) is 1.79. The Labute approximate surface area is 115 Å². The van der Waals surface area contributed by atoms with E-state index in [-0.39, 0.29) is 11.6 Å². The number of amides is 2. The Kier molecular flexibility index (Phi) is 4.43. The van der Waals surface area contributed by atoms with E-state index in [1.807, 2.05) is 0 Å². The lowest BCUT2D eigenvalue weighted by atomic mass is 10.2. The molecule has 2 aromatic rings. The van der Waals surface area contributed by atoms with E-state index in [4.69, 9.17) is 5.73 Å². The Bertz CT molecular complexity index is 631. The zero-order valence-corrected chi connectivity index (χ0v) is 10.9. The molecule has 0 bridgehead atoms. The number of aryl methyl sites for hydroxylation is 1. The van der Waals surface area contributed by atoms with Gasteiger partial charge in [0.25, 0.3) is 5.56 Å². The summed E-state index contributed by atoms with van der Waals surface area (Å²) in [5, 5.41) is 10.5. The van der Waals surface area contributed by atoms with Crippen LogP contribution in [0.5, 0.6) is 0 Å². The third kappa shape index (κ3) is 3.91. The monoisotopic (exact) mass is 275 g/mol. The number of carbonyl (C=O) groups excluding carboxylic acids is 1. The third-order valence-corrected chi connectivity index (χ3v) is 2.78. The van der Waals surface area contributed by atoms with Crippen LogP contribution in [0, 0.1) is 0 Å². The van der Waals surface area contributed by atoms with Crippen molar-refractivity contribution in [3.63, 3.8) is 0 Å². The van der Waals surface area contributed by atoms with Gasteiger partial charge in [-0.05, 0) is 31.0 Å². The third-order valence-electron chi connectivity index (χ3n) is 2.78. The summed E-state index contributed by atoms with van der Waals surface area (Å²) in [4.78, 5) is 22.8. The van der Waals surface area contributed by atoms with Crippen molar-refractivity contribution in [2.45, 2.75) is 12.8 Å². The summed E-state index contributed by atoms with van der Waals surface area (Å²) < 4.78 is 0. The summed E-state index contributed by atoms with van der Waals surface area (Å²) in [5.41, 5.74) is 7.42. The molecule has 0 unspecified atom stereocenters. The van der Waals surface area contributed by atoms with Gasteiger partial charge in [-0.1, -0.05) is 6.07 Å². The first-order valence-electron chi connectivity index (χ1n) is 6.30. The van der Waals surface area contributed by atoms with Gasteiger partial charge < -0.3 is 21.5 Å². The molecule has 106 valence electrons. The number of benzene rings is 1. The van der Waals surface area contributed by atoms with Crippen LogP contribution < -0.4 is 21.9 Å². The first-order valence-corrected chi connectivity index (χ1v) is 6.30. The second-order valence-corrected chi connectivity index (χ2v) is 4.38. The molecule has 0 spiro atoms. The lowest BCUT2D eigenvalue weighted by molar-refractivity contribution is 0.252. The van der Waals surface area contributed by atoms with Crippen molar-refractivity contribution in [1.82, 2.24) is 15.5 Å². The molecule has 0 radical (unpaired) electrons. The van der Waals surface area contributed by atoms with Gasteiger partial charge in [0.15, 0.2) is 0 Å². The van der Waals surface area contributed by atoms with Crippen LogP contribution in [0.25, 0.3) is 0 Å². The molecular formula is C13H17N5O2. The second-order valence-electron chi connectivity index (χ2n) is 4.38. The minimum atomic E-state index is -0.293. The van der Waals surface area contributed by atoms with Crippen LogP contribution in [0.1, 0.15) is 12.0 Å². The van der Waals surface area contributed by atoms with Gasteiger partial charge in [-0.3, -0.25) is 9.89 Å². The molecule has 7 nitrogen and oxygen atoms in total. The highest BCUT2D eigenvalue weighted by Gasteiger charge is 2.03. The van der Waals surface area contributed by atoms with Crippen LogP contribution in [-0.2, 0) is 6.42 Å². The second kappa shape index (κ2) is 6.46. The van der Waals surface area contributed by atoms with E-state index in [2.05, 4.69) is 20.8 Å². The standard InChI is InChI=1S/C13H17N5O2/c14-10-4-1-5-11(7-10)17-13(20)15-6-2-3-9-8-16-18-12(9)19/h1,4-5,7-8H,2-3,6,14H2,(H2,15,17,20)(H2,16,18,19). The topological polar surface area (TPSA) is 116 Å². The number of hydrogen-bond donors (Lipinski definition) is 5. The predicted molar refractivity (Wildman–Crippen MR) is 77.6 cm³/mol.